The topological polar surface area (TPSA) is 0 Å². The summed E-state index contributed by atoms with van der Waals surface area (Å²) in [5.41, 5.74) is 2.78. The molecule has 100 valence electrons. The maximum Gasteiger partial charge on any atom is -0.0256 e. The van der Waals surface area contributed by atoms with E-state index in [-0.39, 0.29) is 0 Å². The van der Waals surface area contributed by atoms with Crippen molar-refractivity contribution in [3.8, 4) is 0 Å². The number of unbranched alkanes of at least 4 members (excludes halogenated alkanes) is 4. The Balaban J connectivity index is 2.32. The van der Waals surface area contributed by atoms with Crippen molar-refractivity contribution < 1.29 is 0 Å². The van der Waals surface area contributed by atoms with Crippen molar-refractivity contribution in [2.24, 2.45) is 5.92 Å². The highest BCUT2D eigenvalue weighted by atomic mass is 14.0. The van der Waals surface area contributed by atoms with Gasteiger partial charge in [0, 0.05) is 0 Å². The standard InChI is InChI=1S/C18H28/c1-4-5-6-7-8-9-10-17-11-13-18(14-12-17)15-16(2)3/h9-14,16H,4-8,15H2,1-3H3/b10-9+. The summed E-state index contributed by atoms with van der Waals surface area (Å²) < 4.78 is 0. The van der Waals surface area contributed by atoms with Gasteiger partial charge in [-0.25, -0.2) is 0 Å². The lowest BCUT2D eigenvalue weighted by atomic mass is 10.0. The van der Waals surface area contributed by atoms with Crippen LogP contribution in [0.2, 0.25) is 0 Å². The fourth-order valence-corrected chi connectivity index (χ4v) is 2.14. The Labute approximate surface area is 113 Å². The largest absolute Gasteiger partial charge is 0.0839 e. The Kier molecular flexibility index (Phi) is 7.48. The first-order valence-corrected chi connectivity index (χ1v) is 7.48. The second kappa shape index (κ2) is 8.97. The second-order valence-electron chi connectivity index (χ2n) is 5.59. The van der Waals surface area contributed by atoms with E-state index in [1.165, 1.54) is 49.7 Å². The van der Waals surface area contributed by atoms with Crippen molar-refractivity contribution in [1.29, 1.82) is 0 Å². The molecule has 0 aromatic heterocycles. The highest BCUT2D eigenvalue weighted by molar-refractivity contribution is 5.49. The van der Waals surface area contributed by atoms with Crippen LogP contribution in [-0.2, 0) is 6.42 Å². The van der Waals surface area contributed by atoms with Gasteiger partial charge in [0.15, 0.2) is 0 Å². The molecule has 0 heteroatoms. The Morgan fingerprint density at radius 3 is 2.33 bits per heavy atom. The quantitative estimate of drug-likeness (QED) is 0.502. The van der Waals surface area contributed by atoms with Crippen molar-refractivity contribution in [3.05, 3.63) is 41.5 Å². The normalized spacial score (nSPS) is 11.6. The maximum atomic E-state index is 2.31. The van der Waals surface area contributed by atoms with E-state index in [0.717, 1.165) is 5.92 Å². The summed E-state index contributed by atoms with van der Waals surface area (Å²) in [5.74, 6) is 0.741. The number of hydrogen-bond donors (Lipinski definition) is 0. The minimum absolute atomic E-state index is 0.741. The van der Waals surface area contributed by atoms with Gasteiger partial charge in [-0.15, -0.1) is 0 Å². The first kappa shape index (κ1) is 15.0. The molecule has 0 saturated heterocycles. The second-order valence-corrected chi connectivity index (χ2v) is 5.59. The van der Waals surface area contributed by atoms with Gasteiger partial charge < -0.3 is 0 Å². The highest BCUT2D eigenvalue weighted by Gasteiger charge is 1.96. The molecule has 0 unspecified atom stereocenters. The molecule has 1 aromatic carbocycles. The zero-order valence-corrected chi connectivity index (χ0v) is 12.3. The summed E-state index contributed by atoms with van der Waals surface area (Å²) in [5, 5.41) is 0. The van der Waals surface area contributed by atoms with E-state index in [0.29, 0.717) is 0 Å². The van der Waals surface area contributed by atoms with Gasteiger partial charge in [0.05, 0.1) is 0 Å². The van der Waals surface area contributed by atoms with Crippen LogP contribution in [0.1, 0.15) is 64.0 Å². The van der Waals surface area contributed by atoms with Gasteiger partial charge in [0.2, 0.25) is 0 Å². The summed E-state index contributed by atoms with van der Waals surface area (Å²) in [7, 11) is 0. The lowest BCUT2D eigenvalue weighted by Gasteiger charge is -2.04. The molecular weight excluding hydrogens is 216 g/mol. The van der Waals surface area contributed by atoms with Gasteiger partial charge in [-0.3, -0.25) is 0 Å². The van der Waals surface area contributed by atoms with E-state index in [4.69, 9.17) is 0 Å². The van der Waals surface area contributed by atoms with Crippen LogP contribution in [0.25, 0.3) is 6.08 Å². The van der Waals surface area contributed by atoms with Crippen molar-refractivity contribution in [1.82, 2.24) is 0 Å². The van der Waals surface area contributed by atoms with Crippen LogP contribution in [0.5, 0.6) is 0 Å². The maximum absolute atomic E-state index is 2.31. The summed E-state index contributed by atoms with van der Waals surface area (Å²) in [6.45, 7) is 6.79. The third-order valence-electron chi connectivity index (χ3n) is 3.16. The first-order valence-electron chi connectivity index (χ1n) is 7.48. The van der Waals surface area contributed by atoms with Crippen LogP contribution in [0, 0.1) is 5.92 Å². The van der Waals surface area contributed by atoms with Gasteiger partial charge in [0.25, 0.3) is 0 Å². The molecule has 0 aliphatic heterocycles. The Hall–Kier alpha value is -1.04. The number of allylic oxidation sites excluding steroid dienone is 1. The molecular formula is C18H28. The van der Waals surface area contributed by atoms with Gasteiger partial charge in [-0.2, -0.15) is 0 Å². The minimum atomic E-state index is 0.741. The molecule has 0 spiro atoms. The zero-order chi connectivity index (χ0) is 13.2. The van der Waals surface area contributed by atoms with E-state index in [9.17, 15) is 0 Å². The first-order chi connectivity index (χ1) is 8.72. The molecule has 0 aliphatic carbocycles. The summed E-state index contributed by atoms with van der Waals surface area (Å²) >= 11 is 0. The molecule has 0 amide bonds. The number of hydrogen-bond acceptors (Lipinski definition) is 0. The molecule has 0 atom stereocenters. The van der Waals surface area contributed by atoms with E-state index in [1.807, 2.05) is 0 Å². The molecule has 1 rings (SSSR count). The van der Waals surface area contributed by atoms with Crippen LogP contribution < -0.4 is 0 Å². The molecule has 0 saturated carbocycles. The van der Waals surface area contributed by atoms with Crippen LogP contribution >= 0.6 is 0 Å². The minimum Gasteiger partial charge on any atom is -0.0839 e. The molecule has 0 bridgehead atoms. The smallest absolute Gasteiger partial charge is 0.0256 e. The van der Waals surface area contributed by atoms with Gasteiger partial charge in [-0.05, 0) is 36.3 Å². The fraction of sp³-hybridized carbons (Fsp3) is 0.556. The van der Waals surface area contributed by atoms with Crippen LogP contribution in [0.15, 0.2) is 30.3 Å². The fourth-order valence-electron chi connectivity index (χ4n) is 2.14. The molecule has 1 aromatic rings. The molecule has 0 N–H and O–H groups in total. The zero-order valence-electron chi connectivity index (χ0n) is 12.3. The molecule has 0 nitrogen and oxygen atoms in total. The monoisotopic (exact) mass is 244 g/mol. The Morgan fingerprint density at radius 1 is 1.00 bits per heavy atom. The summed E-state index contributed by atoms with van der Waals surface area (Å²) in [6.07, 6.45) is 12.4. The number of rotatable bonds is 8. The van der Waals surface area contributed by atoms with Crippen molar-refractivity contribution in [2.75, 3.05) is 0 Å². The van der Waals surface area contributed by atoms with Crippen molar-refractivity contribution >= 4 is 6.08 Å². The van der Waals surface area contributed by atoms with Gasteiger partial charge in [-0.1, -0.05) is 76.5 Å². The summed E-state index contributed by atoms with van der Waals surface area (Å²) in [6, 6.07) is 8.99. The lowest BCUT2D eigenvalue weighted by molar-refractivity contribution is 0.647. The van der Waals surface area contributed by atoms with E-state index in [2.05, 4.69) is 57.2 Å². The Morgan fingerprint density at radius 2 is 1.72 bits per heavy atom. The number of benzene rings is 1. The summed E-state index contributed by atoms with van der Waals surface area (Å²) in [4.78, 5) is 0. The van der Waals surface area contributed by atoms with Crippen LogP contribution in [-0.4, -0.2) is 0 Å². The predicted octanol–water partition coefficient (Wildman–Crippen LogP) is 5.87. The average Bonchev–Trinajstić information content (AvgIpc) is 2.35. The van der Waals surface area contributed by atoms with Crippen molar-refractivity contribution in [3.63, 3.8) is 0 Å². The van der Waals surface area contributed by atoms with Gasteiger partial charge in [0.1, 0.15) is 0 Å². The lowest BCUT2D eigenvalue weighted by Crippen LogP contribution is -1.93. The highest BCUT2D eigenvalue weighted by Crippen LogP contribution is 2.11. The molecule has 0 fully saturated rings. The predicted molar refractivity (Wildman–Crippen MR) is 82.8 cm³/mol. The molecule has 0 radical (unpaired) electrons. The van der Waals surface area contributed by atoms with E-state index < -0.39 is 0 Å². The molecule has 0 aliphatic rings. The SMILES string of the molecule is CCCCCC/C=C/c1ccc(CC(C)C)cc1. The van der Waals surface area contributed by atoms with E-state index >= 15 is 0 Å². The van der Waals surface area contributed by atoms with Crippen LogP contribution in [0.4, 0.5) is 0 Å². The Bertz CT molecular complexity index is 330. The van der Waals surface area contributed by atoms with Crippen LogP contribution in [0.3, 0.4) is 0 Å². The van der Waals surface area contributed by atoms with Gasteiger partial charge >= 0.3 is 0 Å². The third-order valence-corrected chi connectivity index (χ3v) is 3.16. The third kappa shape index (κ3) is 6.64. The average molecular weight is 244 g/mol. The molecule has 18 heavy (non-hydrogen) atoms. The van der Waals surface area contributed by atoms with Crippen molar-refractivity contribution in [2.45, 2.75) is 59.3 Å². The molecule has 0 heterocycles. The van der Waals surface area contributed by atoms with E-state index in [1.54, 1.807) is 0 Å².